The molecule has 0 fully saturated rings. The number of carbonyl (C=O) groups is 1. The van der Waals surface area contributed by atoms with Crippen LogP contribution >= 0.6 is 34.7 Å². The minimum Gasteiger partial charge on any atom is -0.295 e. The SMILES string of the molecule is Cc1ccccc1CSc1ncc(Cl)c(C(=O)Nc2nnc(C(C)C)s2)n1. The van der Waals surface area contributed by atoms with Gasteiger partial charge in [0.1, 0.15) is 5.01 Å². The van der Waals surface area contributed by atoms with Crippen LogP contribution < -0.4 is 5.32 Å². The molecule has 0 aliphatic heterocycles. The molecule has 0 aliphatic carbocycles. The first kappa shape index (κ1) is 19.7. The predicted octanol–water partition coefficient (Wildman–Crippen LogP) is 4.96. The quantitative estimate of drug-likeness (QED) is 0.449. The van der Waals surface area contributed by atoms with Crippen LogP contribution in [0.3, 0.4) is 0 Å². The molecule has 0 radical (unpaired) electrons. The summed E-state index contributed by atoms with van der Waals surface area (Å²) in [5.74, 6) is 0.538. The van der Waals surface area contributed by atoms with Crippen LogP contribution in [0.25, 0.3) is 0 Å². The average Bonchev–Trinajstić information content (AvgIpc) is 3.11. The fourth-order valence-electron chi connectivity index (χ4n) is 2.17. The molecule has 2 heterocycles. The van der Waals surface area contributed by atoms with E-state index in [2.05, 4.69) is 44.5 Å². The van der Waals surface area contributed by atoms with Crippen molar-refractivity contribution in [2.75, 3.05) is 5.32 Å². The van der Waals surface area contributed by atoms with Gasteiger partial charge in [0.15, 0.2) is 10.9 Å². The third-order valence-electron chi connectivity index (χ3n) is 3.71. The first-order valence-corrected chi connectivity index (χ1v) is 10.5. The number of amides is 1. The van der Waals surface area contributed by atoms with Gasteiger partial charge in [-0.1, -0.05) is 72.8 Å². The van der Waals surface area contributed by atoms with Crippen molar-refractivity contribution < 1.29 is 4.79 Å². The highest BCUT2D eigenvalue weighted by Crippen LogP contribution is 2.25. The fraction of sp³-hybridized carbons (Fsp3) is 0.278. The van der Waals surface area contributed by atoms with Crippen molar-refractivity contribution in [3.05, 3.63) is 57.3 Å². The molecular weight excluding hydrogens is 402 g/mol. The normalized spacial score (nSPS) is 11.0. The zero-order valence-electron chi connectivity index (χ0n) is 15.1. The Kier molecular flexibility index (Phi) is 6.41. The van der Waals surface area contributed by atoms with Gasteiger partial charge < -0.3 is 0 Å². The molecule has 1 amide bonds. The minimum atomic E-state index is -0.424. The zero-order valence-corrected chi connectivity index (χ0v) is 17.5. The Morgan fingerprint density at radius 3 is 2.78 bits per heavy atom. The van der Waals surface area contributed by atoms with Crippen molar-refractivity contribution in [1.82, 2.24) is 20.2 Å². The number of aryl methyl sites for hydroxylation is 1. The lowest BCUT2D eigenvalue weighted by atomic mass is 10.1. The second-order valence-electron chi connectivity index (χ2n) is 6.12. The molecule has 1 N–H and O–H groups in total. The number of rotatable bonds is 6. The standard InChI is InChI=1S/C18H18ClN5OS2/c1-10(2)16-23-24-18(27-16)22-15(25)14-13(19)8-20-17(21-14)26-9-12-7-5-4-6-11(12)3/h4-8,10H,9H2,1-3H3,(H,22,24,25). The molecule has 0 bridgehead atoms. The smallest absolute Gasteiger partial charge is 0.277 e. The molecule has 2 aromatic heterocycles. The Bertz CT molecular complexity index is 960. The maximum absolute atomic E-state index is 12.5. The molecule has 0 atom stereocenters. The Morgan fingerprint density at radius 2 is 2.07 bits per heavy atom. The number of benzene rings is 1. The number of halogens is 1. The summed E-state index contributed by atoms with van der Waals surface area (Å²) in [5.41, 5.74) is 2.52. The van der Waals surface area contributed by atoms with E-state index >= 15 is 0 Å². The Balaban J connectivity index is 1.72. The van der Waals surface area contributed by atoms with E-state index in [1.165, 1.54) is 40.4 Å². The van der Waals surface area contributed by atoms with Crippen molar-refractivity contribution in [2.24, 2.45) is 0 Å². The Labute approximate surface area is 170 Å². The number of hydrogen-bond acceptors (Lipinski definition) is 7. The highest BCUT2D eigenvalue weighted by molar-refractivity contribution is 7.98. The monoisotopic (exact) mass is 419 g/mol. The van der Waals surface area contributed by atoms with Crippen LogP contribution in [0, 0.1) is 6.92 Å². The van der Waals surface area contributed by atoms with Gasteiger partial charge in [0.2, 0.25) is 5.13 Å². The van der Waals surface area contributed by atoms with Gasteiger partial charge in [-0.2, -0.15) is 0 Å². The molecule has 1 aromatic carbocycles. The number of carbonyl (C=O) groups excluding carboxylic acids is 1. The number of nitrogens with zero attached hydrogens (tertiary/aromatic N) is 4. The highest BCUT2D eigenvalue weighted by Gasteiger charge is 2.17. The largest absolute Gasteiger partial charge is 0.295 e. The third kappa shape index (κ3) is 5.03. The first-order chi connectivity index (χ1) is 12.9. The van der Waals surface area contributed by atoms with Crippen LogP contribution in [0.4, 0.5) is 5.13 Å². The molecule has 6 nitrogen and oxygen atoms in total. The third-order valence-corrected chi connectivity index (χ3v) is 6.04. The molecule has 140 valence electrons. The number of aromatic nitrogens is 4. The Morgan fingerprint density at radius 1 is 1.30 bits per heavy atom. The summed E-state index contributed by atoms with van der Waals surface area (Å²) < 4.78 is 0. The predicted molar refractivity (Wildman–Crippen MR) is 110 cm³/mol. The summed E-state index contributed by atoms with van der Waals surface area (Å²) in [4.78, 5) is 21.1. The molecule has 0 unspecified atom stereocenters. The van der Waals surface area contributed by atoms with Gasteiger partial charge in [-0.3, -0.25) is 10.1 Å². The summed E-state index contributed by atoms with van der Waals surface area (Å²) in [5, 5.41) is 12.7. The molecule has 0 aliphatic rings. The zero-order chi connectivity index (χ0) is 19.4. The Hall–Kier alpha value is -2.03. The molecule has 3 rings (SSSR count). The van der Waals surface area contributed by atoms with Crippen molar-refractivity contribution in [2.45, 2.75) is 37.6 Å². The molecule has 3 aromatic rings. The highest BCUT2D eigenvalue weighted by atomic mass is 35.5. The fourth-order valence-corrected chi connectivity index (χ4v) is 3.98. The number of nitrogens with one attached hydrogen (secondary N) is 1. The lowest BCUT2D eigenvalue weighted by Crippen LogP contribution is -2.15. The number of thioether (sulfide) groups is 1. The lowest BCUT2D eigenvalue weighted by Gasteiger charge is -2.07. The maximum atomic E-state index is 12.5. The van der Waals surface area contributed by atoms with Crippen molar-refractivity contribution in [3.63, 3.8) is 0 Å². The second-order valence-corrected chi connectivity index (χ2v) is 8.48. The van der Waals surface area contributed by atoms with Crippen LogP contribution in [0.5, 0.6) is 0 Å². The van der Waals surface area contributed by atoms with Gasteiger partial charge in [0, 0.05) is 11.7 Å². The number of anilines is 1. The molecule has 9 heteroatoms. The number of hydrogen-bond donors (Lipinski definition) is 1. The van der Waals surface area contributed by atoms with E-state index in [9.17, 15) is 4.79 Å². The van der Waals surface area contributed by atoms with Crippen LogP contribution in [0.15, 0.2) is 35.6 Å². The van der Waals surface area contributed by atoms with Gasteiger partial charge in [-0.15, -0.1) is 10.2 Å². The first-order valence-electron chi connectivity index (χ1n) is 8.28. The van der Waals surface area contributed by atoms with Gasteiger partial charge in [0.25, 0.3) is 5.91 Å². The summed E-state index contributed by atoms with van der Waals surface area (Å²) in [6.45, 7) is 6.10. The van der Waals surface area contributed by atoms with Gasteiger partial charge >= 0.3 is 0 Å². The summed E-state index contributed by atoms with van der Waals surface area (Å²) in [6, 6.07) is 8.12. The summed E-state index contributed by atoms with van der Waals surface area (Å²) >= 11 is 8.92. The molecule has 0 spiro atoms. The summed E-state index contributed by atoms with van der Waals surface area (Å²) in [6.07, 6.45) is 1.45. The summed E-state index contributed by atoms with van der Waals surface area (Å²) in [7, 11) is 0. The van der Waals surface area contributed by atoms with E-state index < -0.39 is 5.91 Å². The van der Waals surface area contributed by atoms with Gasteiger partial charge in [-0.05, 0) is 18.1 Å². The molecule has 0 saturated carbocycles. The molecule has 27 heavy (non-hydrogen) atoms. The molecule has 0 saturated heterocycles. The van der Waals surface area contributed by atoms with Gasteiger partial charge in [0.05, 0.1) is 11.2 Å². The van der Waals surface area contributed by atoms with Crippen LogP contribution in [0.1, 0.15) is 46.4 Å². The van der Waals surface area contributed by atoms with E-state index in [1.54, 1.807) is 0 Å². The lowest BCUT2D eigenvalue weighted by molar-refractivity contribution is 0.102. The van der Waals surface area contributed by atoms with E-state index in [-0.39, 0.29) is 16.6 Å². The average molecular weight is 420 g/mol. The van der Waals surface area contributed by atoms with Crippen molar-refractivity contribution in [1.29, 1.82) is 0 Å². The molecular formula is C18H18ClN5OS2. The van der Waals surface area contributed by atoms with E-state index in [1.807, 2.05) is 26.0 Å². The van der Waals surface area contributed by atoms with Crippen molar-refractivity contribution >= 4 is 45.7 Å². The van der Waals surface area contributed by atoms with E-state index in [0.717, 1.165) is 5.01 Å². The topological polar surface area (TPSA) is 80.7 Å². The van der Waals surface area contributed by atoms with Gasteiger partial charge in [-0.25, -0.2) is 9.97 Å². The minimum absolute atomic E-state index is 0.125. The van der Waals surface area contributed by atoms with Crippen LogP contribution in [0.2, 0.25) is 5.02 Å². The van der Waals surface area contributed by atoms with Crippen LogP contribution in [-0.2, 0) is 5.75 Å². The second kappa shape index (κ2) is 8.77. The van der Waals surface area contributed by atoms with E-state index in [4.69, 9.17) is 11.6 Å². The maximum Gasteiger partial charge on any atom is 0.277 e. The van der Waals surface area contributed by atoms with Crippen LogP contribution in [-0.4, -0.2) is 26.1 Å². The van der Waals surface area contributed by atoms with Crippen molar-refractivity contribution in [3.8, 4) is 0 Å². The van der Waals surface area contributed by atoms with E-state index in [0.29, 0.717) is 16.0 Å².